The van der Waals surface area contributed by atoms with Gasteiger partial charge in [-0.25, -0.2) is 0 Å². The zero-order valence-electron chi connectivity index (χ0n) is 9.39. The summed E-state index contributed by atoms with van der Waals surface area (Å²) in [6.45, 7) is 12.0. The molecule has 3 heteroatoms. The van der Waals surface area contributed by atoms with E-state index in [1.165, 1.54) is 0 Å². The molecule has 2 aliphatic rings. The lowest BCUT2D eigenvalue weighted by atomic mass is 10.2. The Morgan fingerprint density at radius 3 is 2.46 bits per heavy atom. The molecule has 2 atom stereocenters. The number of morpholine rings is 1. The summed E-state index contributed by atoms with van der Waals surface area (Å²) < 4.78 is 5.48. The molecular weight excluding hydrogens is 164 g/mol. The number of hydrogen-bond donors (Lipinski definition) is 2. The van der Waals surface area contributed by atoms with Crippen LogP contribution in [0.4, 0.5) is 0 Å². The quantitative estimate of drug-likeness (QED) is 0.603. The van der Waals surface area contributed by atoms with Gasteiger partial charge in [-0.15, -0.1) is 0 Å². The first-order valence-corrected chi connectivity index (χ1v) is 5.52. The van der Waals surface area contributed by atoms with Gasteiger partial charge in [-0.2, -0.15) is 0 Å². The zero-order chi connectivity index (χ0) is 10.1. The molecule has 0 radical (unpaired) electrons. The Labute approximate surface area is 83.7 Å². The normalized spacial score (nSPS) is 30.5. The van der Waals surface area contributed by atoms with Crippen molar-refractivity contribution in [2.24, 2.45) is 0 Å². The van der Waals surface area contributed by atoms with Crippen molar-refractivity contribution < 1.29 is 6.16 Å². The highest BCUT2D eigenvalue weighted by molar-refractivity contribution is 4.89. The Bertz CT molecular complexity index is 102. The van der Waals surface area contributed by atoms with Crippen LogP contribution in [0.15, 0.2) is 0 Å². The summed E-state index contributed by atoms with van der Waals surface area (Å²) in [5, 5.41) is 6.67. The average Bonchev–Trinajstić information content (AvgIpc) is 2.71. The van der Waals surface area contributed by atoms with Gasteiger partial charge in [0.1, 0.15) is 0 Å². The van der Waals surface area contributed by atoms with Gasteiger partial charge < -0.3 is 15.4 Å². The monoisotopic (exact) mass is 190 g/mol. The van der Waals surface area contributed by atoms with Gasteiger partial charge in [0.15, 0.2) is 0 Å². The molecule has 0 spiro atoms. The van der Waals surface area contributed by atoms with Crippen LogP contribution in [0.1, 0.15) is 29.1 Å². The van der Waals surface area contributed by atoms with Crippen molar-refractivity contribution in [2.45, 2.75) is 39.8 Å². The second-order valence-electron chi connectivity index (χ2n) is 2.63. The first kappa shape index (κ1) is 12.9. The highest BCUT2D eigenvalue weighted by Gasteiger charge is 2.29. The smallest absolute Gasteiger partial charge is 0.0865 e. The number of hydrogen-bond acceptors (Lipinski definition) is 3. The standard InChI is InChI=1S/C6H12N2O.2C2H6.H2/c1-2-9-6-4-7-3-5(6)8-1;2*1-2;/h5-8H,1-4H2;2*1-2H3;1H/t5-,6+;;;/m0.../s1. The summed E-state index contributed by atoms with van der Waals surface area (Å²) >= 11 is 0. The van der Waals surface area contributed by atoms with Crippen LogP contribution < -0.4 is 10.6 Å². The van der Waals surface area contributed by atoms with Crippen molar-refractivity contribution in [3.8, 4) is 0 Å². The van der Waals surface area contributed by atoms with E-state index in [1.54, 1.807) is 0 Å². The topological polar surface area (TPSA) is 33.3 Å². The Kier molecular flexibility index (Phi) is 8.40. The molecule has 2 heterocycles. The van der Waals surface area contributed by atoms with Crippen molar-refractivity contribution in [3.63, 3.8) is 0 Å². The first-order valence-electron chi connectivity index (χ1n) is 5.52. The van der Waals surface area contributed by atoms with Crippen molar-refractivity contribution in [2.75, 3.05) is 26.2 Å². The third-order valence-corrected chi connectivity index (χ3v) is 2.00. The van der Waals surface area contributed by atoms with E-state index in [1.807, 2.05) is 27.7 Å². The molecular formula is C10H26N2O. The maximum absolute atomic E-state index is 5.48. The van der Waals surface area contributed by atoms with Crippen LogP contribution in [0, 0.1) is 0 Å². The van der Waals surface area contributed by atoms with E-state index in [0.29, 0.717) is 12.1 Å². The van der Waals surface area contributed by atoms with Gasteiger partial charge in [-0.3, -0.25) is 0 Å². The maximum atomic E-state index is 5.48. The zero-order valence-corrected chi connectivity index (χ0v) is 9.39. The molecule has 13 heavy (non-hydrogen) atoms. The molecule has 0 aromatic heterocycles. The lowest BCUT2D eigenvalue weighted by molar-refractivity contribution is 0.0207. The Morgan fingerprint density at radius 1 is 1.15 bits per heavy atom. The number of fused-ring (bicyclic) bond motifs is 1. The molecule has 3 nitrogen and oxygen atoms in total. The third kappa shape index (κ3) is 4.07. The van der Waals surface area contributed by atoms with Crippen LogP contribution in [-0.2, 0) is 4.74 Å². The van der Waals surface area contributed by atoms with Gasteiger partial charge in [0, 0.05) is 27.1 Å². The minimum absolute atomic E-state index is 0. The molecule has 2 aliphatic heterocycles. The fourth-order valence-electron chi connectivity index (χ4n) is 1.49. The molecule has 82 valence electrons. The van der Waals surface area contributed by atoms with E-state index >= 15 is 0 Å². The summed E-state index contributed by atoms with van der Waals surface area (Å²) in [5.41, 5.74) is 0. The van der Waals surface area contributed by atoms with E-state index in [9.17, 15) is 0 Å². The average molecular weight is 190 g/mol. The fourth-order valence-corrected chi connectivity index (χ4v) is 1.49. The summed E-state index contributed by atoms with van der Waals surface area (Å²) in [6, 6.07) is 0.582. The van der Waals surface area contributed by atoms with Crippen LogP contribution in [-0.4, -0.2) is 38.4 Å². The highest BCUT2D eigenvalue weighted by atomic mass is 16.5. The molecule has 0 saturated carbocycles. The van der Waals surface area contributed by atoms with Gasteiger partial charge in [-0.1, -0.05) is 27.7 Å². The van der Waals surface area contributed by atoms with Gasteiger partial charge in [-0.05, 0) is 0 Å². The minimum Gasteiger partial charge on any atom is -0.374 e. The molecule has 0 unspecified atom stereocenters. The van der Waals surface area contributed by atoms with Crippen molar-refractivity contribution >= 4 is 0 Å². The Hall–Kier alpha value is -0.120. The Morgan fingerprint density at radius 2 is 1.85 bits per heavy atom. The van der Waals surface area contributed by atoms with E-state index in [2.05, 4.69) is 10.6 Å². The molecule has 0 aromatic carbocycles. The SMILES string of the molecule is C1CO[C@@H]2CNC[C@@H]2N1.CC.CC.[HH]. The molecule has 0 bridgehead atoms. The summed E-state index contributed by atoms with van der Waals surface area (Å²) in [4.78, 5) is 0. The molecule has 2 saturated heterocycles. The lowest BCUT2D eigenvalue weighted by Gasteiger charge is -2.25. The van der Waals surface area contributed by atoms with Crippen LogP contribution in [0.5, 0.6) is 0 Å². The number of nitrogens with one attached hydrogen (secondary N) is 2. The number of ether oxygens (including phenoxy) is 1. The van der Waals surface area contributed by atoms with Gasteiger partial charge in [0.25, 0.3) is 0 Å². The molecule has 2 N–H and O–H groups in total. The van der Waals surface area contributed by atoms with Crippen LogP contribution >= 0.6 is 0 Å². The van der Waals surface area contributed by atoms with E-state index in [4.69, 9.17) is 4.74 Å². The van der Waals surface area contributed by atoms with E-state index in [0.717, 1.165) is 26.2 Å². The lowest BCUT2D eigenvalue weighted by Crippen LogP contribution is -2.47. The summed E-state index contributed by atoms with van der Waals surface area (Å²) in [6.07, 6.45) is 0.443. The number of rotatable bonds is 0. The van der Waals surface area contributed by atoms with Gasteiger partial charge in [0.2, 0.25) is 0 Å². The van der Waals surface area contributed by atoms with Crippen molar-refractivity contribution in [1.82, 2.24) is 10.6 Å². The third-order valence-electron chi connectivity index (χ3n) is 2.00. The predicted octanol–water partition coefficient (Wildman–Crippen LogP) is 1.24. The second kappa shape index (κ2) is 8.48. The van der Waals surface area contributed by atoms with Gasteiger partial charge in [0.05, 0.1) is 12.7 Å². The minimum atomic E-state index is 0. The maximum Gasteiger partial charge on any atom is 0.0865 e. The predicted molar refractivity (Wildman–Crippen MR) is 59.2 cm³/mol. The molecule has 2 rings (SSSR count). The van der Waals surface area contributed by atoms with E-state index in [-0.39, 0.29) is 1.43 Å². The highest BCUT2D eigenvalue weighted by Crippen LogP contribution is 2.07. The summed E-state index contributed by atoms with van der Waals surface area (Å²) in [5.74, 6) is 0. The Balaban J connectivity index is 0. The van der Waals surface area contributed by atoms with Crippen molar-refractivity contribution in [3.05, 3.63) is 0 Å². The van der Waals surface area contributed by atoms with Crippen LogP contribution in [0.25, 0.3) is 0 Å². The van der Waals surface area contributed by atoms with Gasteiger partial charge >= 0.3 is 0 Å². The van der Waals surface area contributed by atoms with Crippen LogP contribution in [0.2, 0.25) is 0 Å². The van der Waals surface area contributed by atoms with Crippen LogP contribution in [0.3, 0.4) is 0 Å². The first-order chi connectivity index (χ1) is 6.47. The molecule has 0 aromatic rings. The van der Waals surface area contributed by atoms with Crippen molar-refractivity contribution in [1.29, 1.82) is 0 Å². The summed E-state index contributed by atoms with van der Waals surface area (Å²) in [7, 11) is 0. The largest absolute Gasteiger partial charge is 0.374 e. The second-order valence-corrected chi connectivity index (χ2v) is 2.63. The molecule has 0 aliphatic carbocycles. The fraction of sp³-hybridized carbons (Fsp3) is 1.00. The van der Waals surface area contributed by atoms with E-state index < -0.39 is 0 Å². The molecule has 0 amide bonds. The molecule has 2 fully saturated rings.